The molecule has 2 aromatic carbocycles. The van der Waals surface area contributed by atoms with Crippen LogP contribution in [0.3, 0.4) is 0 Å². The van der Waals surface area contributed by atoms with Crippen molar-refractivity contribution in [3.05, 3.63) is 101 Å². The molecule has 9 nitrogen and oxygen atoms in total. The molecule has 4 rings (SSSR count). The smallest absolute Gasteiger partial charge is 0.338 e. The first-order valence-electron chi connectivity index (χ1n) is 11.9. The Hall–Kier alpha value is -4.05. The molecule has 1 unspecified atom stereocenters. The van der Waals surface area contributed by atoms with Crippen molar-refractivity contribution in [2.45, 2.75) is 39.2 Å². The number of para-hydroxylation sites is 1. The number of nitro benzene ring substituents is 1. The number of esters is 1. The van der Waals surface area contributed by atoms with E-state index in [0.717, 1.165) is 30.6 Å². The molecule has 0 fully saturated rings. The van der Waals surface area contributed by atoms with Crippen LogP contribution < -0.4 is 19.6 Å². The quantitative estimate of drug-likeness (QED) is 0.183. The molecule has 1 aromatic heterocycles. The predicted molar refractivity (Wildman–Crippen MR) is 140 cm³/mol. The van der Waals surface area contributed by atoms with Crippen molar-refractivity contribution >= 4 is 29.1 Å². The number of aromatic nitrogens is 1. The number of nitro groups is 1. The van der Waals surface area contributed by atoms with Crippen LogP contribution in [0, 0.1) is 10.1 Å². The second kappa shape index (κ2) is 11.3. The molecule has 1 aliphatic heterocycles. The SMILES string of the molecule is CCCCCOc1ccc(C2C(C(=O)OC)=C(C)N=c3sc(=Cc4ccccc4[N+](=O)[O-])c(=O)n32)cc1. The lowest BCUT2D eigenvalue weighted by Crippen LogP contribution is -2.39. The van der Waals surface area contributed by atoms with E-state index in [1.54, 1.807) is 25.1 Å². The van der Waals surface area contributed by atoms with Gasteiger partial charge in [-0.25, -0.2) is 9.79 Å². The molecule has 0 radical (unpaired) electrons. The first kappa shape index (κ1) is 26.0. The minimum absolute atomic E-state index is 0.106. The van der Waals surface area contributed by atoms with Gasteiger partial charge >= 0.3 is 5.97 Å². The van der Waals surface area contributed by atoms with Gasteiger partial charge in [0.05, 0.1) is 46.0 Å². The van der Waals surface area contributed by atoms with Gasteiger partial charge < -0.3 is 9.47 Å². The van der Waals surface area contributed by atoms with E-state index in [-0.39, 0.29) is 15.8 Å². The van der Waals surface area contributed by atoms with Crippen LogP contribution in [-0.2, 0) is 9.53 Å². The van der Waals surface area contributed by atoms with Crippen molar-refractivity contribution < 1.29 is 19.2 Å². The summed E-state index contributed by atoms with van der Waals surface area (Å²) in [6.07, 6.45) is 4.64. The first-order valence-corrected chi connectivity index (χ1v) is 12.7. The van der Waals surface area contributed by atoms with Crippen LogP contribution in [0.4, 0.5) is 5.69 Å². The third kappa shape index (κ3) is 5.39. The van der Waals surface area contributed by atoms with Gasteiger partial charge in [-0.3, -0.25) is 19.5 Å². The molecule has 0 bridgehead atoms. The summed E-state index contributed by atoms with van der Waals surface area (Å²) >= 11 is 1.11. The minimum Gasteiger partial charge on any atom is -0.494 e. The van der Waals surface area contributed by atoms with Crippen molar-refractivity contribution in [1.82, 2.24) is 4.57 Å². The van der Waals surface area contributed by atoms with Crippen LogP contribution in [0.1, 0.15) is 50.3 Å². The van der Waals surface area contributed by atoms with Gasteiger partial charge in [0.15, 0.2) is 4.80 Å². The monoisotopic (exact) mass is 521 g/mol. The topological polar surface area (TPSA) is 113 Å². The highest BCUT2D eigenvalue weighted by Gasteiger charge is 2.33. The number of unbranched alkanes of at least 4 members (excludes halogenated alkanes) is 2. The standard InChI is InChI=1S/C27H27N3O6S/c1-4-5-8-15-36-20-13-11-18(12-14-20)24-23(26(32)35-3)17(2)28-27-29(24)25(31)22(37-27)16-19-9-6-7-10-21(19)30(33)34/h6-7,9-14,16,24H,4-5,8,15H2,1-3H3. The largest absolute Gasteiger partial charge is 0.494 e. The summed E-state index contributed by atoms with van der Waals surface area (Å²) < 4.78 is 12.6. The molecule has 0 amide bonds. The van der Waals surface area contributed by atoms with E-state index in [1.165, 1.54) is 23.8 Å². The van der Waals surface area contributed by atoms with Gasteiger partial charge in [0.2, 0.25) is 0 Å². The maximum absolute atomic E-state index is 13.6. The lowest BCUT2D eigenvalue weighted by molar-refractivity contribution is -0.385. The molecule has 37 heavy (non-hydrogen) atoms. The van der Waals surface area contributed by atoms with Crippen LogP contribution in [0.2, 0.25) is 0 Å². The fourth-order valence-electron chi connectivity index (χ4n) is 4.21. The number of hydrogen-bond donors (Lipinski definition) is 0. The Morgan fingerprint density at radius 1 is 1.19 bits per heavy atom. The van der Waals surface area contributed by atoms with E-state index in [4.69, 9.17) is 9.47 Å². The van der Waals surface area contributed by atoms with E-state index in [1.807, 2.05) is 24.3 Å². The maximum Gasteiger partial charge on any atom is 0.338 e. The summed E-state index contributed by atoms with van der Waals surface area (Å²) in [6.45, 7) is 4.44. The van der Waals surface area contributed by atoms with E-state index < -0.39 is 22.5 Å². The summed E-state index contributed by atoms with van der Waals surface area (Å²) in [5.41, 5.74) is 1.18. The zero-order valence-electron chi connectivity index (χ0n) is 20.8. The Kier molecular flexibility index (Phi) is 7.98. The zero-order valence-corrected chi connectivity index (χ0v) is 21.6. The number of carbonyl (C=O) groups is 1. The van der Waals surface area contributed by atoms with Gasteiger partial charge in [0, 0.05) is 6.07 Å². The van der Waals surface area contributed by atoms with Crippen molar-refractivity contribution in [1.29, 1.82) is 0 Å². The molecule has 0 saturated carbocycles. The molecule has 0 saturated heterocycles. The Bertz CT molecular complexity index is 1540. The summed E-state index contributed by atoms with van der Waals surface area (Å²) in [7, 11) is 1.28. The van der Waals surface area contributed by atoms with Crippen molar-refractivity contribution in [3.8, 4) is 5.75 Å². The average molecular weight is 522 g/mol. The lowest BCUT2D eigenvalue weighted by Gasteiger charge is -2.24. The molecule has 0 spiro atoms. The molecule has 0 aliphatic carbocycles. The Morgan fingerprint density at radius 2 is 1.92 bits per heavy atom. The van der Waals surface area contributed by atoms with Crippen LogP contribution >= 0.6 is 11.3 Å². The van der Waals surface area contributed by atoms with Gasteiger partial charge in [-0.15, -0.1) is 0 Å². The van der Waals surface area contributed by atoms with Crippen LogP contribution in [-0.4, -0.2) is 29.2 Å². The summed E-state index contributed by atoms with van der Waals surface area (Å²) in [5.74, 6) is 0.114. The maximum atomic E-state index is 13.6. The van der Waals surface area contributed by atoms with Crippen molar-refractivity contribution in [3.63, 3.8) is 0 Å². The molecule has 192 valence electrons. The van der Waals surface area contributed by atoms with Gasteiger partial charge in [-0.1, -0.05) is 55.4 Å². The molecule has 2 heterocycles. The van der Waals surface area contributed by atoms with Crippen LogP contribution in [0.25, 0.3) is 6.08 Å². The lowest BCUT2D eigenvalue weighted by atomic mass is 9.96. The normalized spacial score (nSPS) is 15.2. The first-order chi connectivity index (χ1) is 17.8. The molecule has 1 atom stereocenters. The number of allylic oxidation sites excluding steroid dienone is 1. The summed E-state index contributed by atoms with van der Waals surface area (Å²) in [4.78, 5) is 42.3. The highest BCUT2D eigenvalue weighted by atomic mass is 32.1. The van der Waals surface area contributed by atoms with Gasteiger partial charge in [0.1, 0.15) is 5.75 Å². The number of nitrogens with zero attached hydrogens (tertiary/aromatic N) is 3. The molecule has 0 N–H and O–H groups in total. The number of carbonyl (C=O) groups excluding carboxylic acids is 1. The molecule has 1 aliphatic rings. The Balaban J connectivity index is 1.82. The van der Waals surface area contributed by atoms with Crippen molar-refractivity contribution in [2.75, 3.05) is 13.7 Å². The number of hydrogen-bond acceptors (Lipinski definition) is 8. The van der Waals surface area contributed by atoms with E-state index >= 15 is 0 Å². The number of thiazole rings is 1. The molecular weight excluding hydrogens is 494 g/mol. The third-order valence-corrected chi connectivity index (χ3v) is 7.04. The molecular formula is C27H27N3O6S. The number of rotatable bonds is 9. The minimum atomic E-state index is -0.772. The number of benzene rings is 2. The van der Waals surface area contributed by atoms with Gasteiger partial charge in [0.25, 0.3) is 11.2 Å². The second-order valence-electron chi connectivity index (χ2n) is 8.51. The van der Waals surface area contributed by atoms with Gasteiger partial charge in [-0.05, 0) is 43.2 Å². The summed E-state index contributed by atoms with van der Waals surface area (Å²) in [6, 6.07) is 12.7. The highest BCUT2D eigenvalue weighted by Crippen LogP contribution is 2.31. The average Bonchev–Trinajstić information content (AvgIpc) is 3.20. The van der Waals surface area contributed by atoms with Crippen LogP contribution in [0.5, 0.6) is 5.75 Å². The Morgan fingerprint density at radius 3 is 2.59 bits per heavy atom. The van der Waals surface area contributed by atoms with E-state index in [0.29, 0.717) is 34.0 Å². The third-order valence-electron chi connectivity index (χ3n) is 6.06. The number of ether oxygens (including phenoxy) is 2. The molecule has 3 aromatic rings. The van der Waals surface area contributed by atoms with Crippen LogP contribution in [0.15, 0.2) is 69.6 Å². The van der Waals surface area contributed by atoms with Crippen molar-refractivity contribution in [2.24, 2.45) is 4.99 Å². The fourth-order valence-corrected chi connectivity index (χ4v) is 5.25. The number of methoxy groups -OCH3 is 1. The highest BCUT2D eigenvalue weighted by molar-refractivity contribution is 7.07. The fraction of sp³-hybridized carbons (Fsp3) is 0.296. The number of fused-ring (bicyclic) bond motifs is 1. The second-order valence-corrected chi connectivity index (χ2v) is 9.52. The van der Waals surface area contributed by atoms with E-state index in [2.05, 4.69) is 11.9 Å². The Labute approximate surface area is 217 Å². The zero-order chi connectivity index (χ0) is 26.5. The summed E-state index contributed by atoms with van der Waals surface area (Å²) in [5, 5.41) is 11.5. The molecule has 10 heteroatoms. The van der Waals surface area contributed by atoms with E-state index in [9.17, 15) is 19.7 Å². The van der Waals surface area contributed by atoms with Gasteiger partial charge in [-0.2, -0.15) is 0 Å². The predicted octanol–water partition coefficient (Wildman–Crippen LogP) is 3.89.